The number of hydrogen-bond donors (Lipinski definition) is 1. The lowest BCUT2D eigenvalue weighted by atomic mass is 9.88. The fourth-order valence-corrected chi connectivity index (χ4v) is 3.46. The van der Waals surface area contributed by atoms with E-state index in [1.54, 1.807) is 25.1 Å². The molecule has 3 rings (SSSR count). The summed E-state index contributed by atoms with van der Waals surface area (Å²) in [7, 11) is 3.35. The van der Waals surface area contributed by atoms with Crippen molar-refractivity contribution in [2.24, 2.45) is 0 Å². The molecule has 3 atom stereocenters. The Labute approximate surface area is 135 Å². The van der Waals surface area contributed by atoms with Crippen LogP contribution in [0.4, 0.5) is 0 Å². The highest BCUT2D eigenvalue weighted by atomic mass is 16.5. The molecular weight excluding hydrogens is 294 g/mol. The van der Waals surface area contributed by atoms with E-state index in [-0.39, 0.29) is 18.1 Å². The summed E-state index contributed by atoms with van der Waals surface area (Å²) in [4.78, 5) is 14.4. The van der Waals surface area contributed by atoms with Crippen molar-refractivity contribution < 1.29 is 19.1 Å². The largest absolute Gasteiger partial charge is 0.461 e. The van der Waals surface area contributed by atoms with Gasteiger partial charge in [0.25, 0.3) is 5.91 Å². The van der Waals surface area contributed by atoms with Crippen LogP contribution in [0, 0.1) is 6.92 Å². The van der Waals surface area contributed by atoms with Crippen molar-refractivity contribution in [3.05, 3.63) is 35.6 Å². The van der Waals surface area contributed by atoms with Crippen molar-refractivity contribution in [1.29, 1.82) is 0 Å². The molecule has 5 nitrogen and oxygen atoms in total. The summed E-state index contributed by atoms with van der Waals surface area (Å²) < 4.78 is 10.9. The van der Waals surface area contributed by atoms with E-state index in [9.17, 15) is 9.90 Å². The topological polar surface area (TPSA) is 62.9 Å². The average Bonchev–Trinajstić information content (AvgIpc) is 2.92. The molecule has 1 aliphatic carbocycles. The molecule has 1 aliphatic rings. The van der Waals surface area contributed by atoms with Crippen LogP contribution in [0.2, 0.25) is 0 Å². The third kappa shape index (κ3) is 2.99. The Balaban J connectivity index is 1.82. The van der Waals surface area contributed by atoms with Crippen LogP contribution >= 0.6 is 0 Å². The third-order valence-corrected chi connectivity index (χ3v) is 4.77. The Morgan fingerprint density at radius 1 is 1.35 bits per heavy atom. The smallest absolute Gasteiger partial charge is 0.253 e. The predicted octanol–water partition coefficient (Wildman–Crippen LogP) is 2.74. The minimum atomic E-state index is -0.650. The van der Waals surface area contributed by atoms with Gasteiger partial charge in [-0.15, -0.1) is 0 Å². The molecule has 1 amide bonds. The Morgan fingerprint density at radius 3 is 2.87 bits per heavy atom. The van der Waals surface area contributed by atoms with Crippen molar-refractivity contribution in [1.82, 2.24) is 4.90 Å². The molecular formula is C18H23NO4. The van der Waals surface area contributed by atoms with Crippen LogP contribution in [0.15, 0.2) is 28.7 Å². The molecule has 23 heavy (non-hydrogen) atoms. The average molecular weight is 317 g/mol. The maximum atomic E-state index is 12.8. The van der Waals surface area contributed by atoms with Gasteiger partial charge in [0.15, 0.2) is 0 Å². The Hall–Kier alpha value is -1.85. The highest BCUT2D eigenvalue weighted by molar-refractivity contribution is 5.97. The zero-order valence-electron chi connectivity index (χ0n) is 13.8. The molecule has 2 aromatic rings. The van der Waals surface area contributed by atoms with Gasteiger partial charge < -0.3 is 19.2 Å². The van der Waals surface area contributed by atoms with Crippen molar-refractivity contribution >= 4 is 16.9 Å². The van der Waals surface area contributed by atoms with Crippen molar-refractivity contribution in [2.45, 2.75) is 44.4 Å². The van der Waals surface area contributed by atoms with E-state index in [1.807, 2.05) is 25.1 Å². The first-order valence-corrected chi connectivity index (χ1v) is 7.99. The highest BCUT2D eigenvalue weighted by Gasteiger charge is 2.36. The number of amides is 1. The summed E-state index contributed by atoms with van der Waals surface area (Å²) in [5.41, 5.74) is 1.38. The van der Waals surface area contributed by atoms with Gasteiger partial charge in [-0.05, 0) is 50.5 Å². The van der Waals surface area contributed by atoms with Crippen LogP contribution in [-0.2, 0) is 4.74 Å². The SMILES string of the molecule is CO[C@@H]1CCC[C@@H](N(C)C(=O)c2ccc3oc(C)cc3c2)[C@H]1O. The fraction of sp³-hybridized carbons (Fsp3) is 0.500. The van der Waals surface area contributed by atoms with Gasteiger partial charge in [-0.3, -0.25) is 4.79 Å². The molecule has 5 heteroatoms. The number of aliphatic hydroxyl groups excluding tert-OH is 1. The summed E-state index contributed by atoms with van der Waals surface area (Å²) in [6.45, 7) is 1.89. The number of carbonyl (C=O) groups is 1. The Morgan fingerprint density at radius 2 is 2.13 bits per heavy atom. The quantitative estimate of drug-likeness (QED) is 0.945. The molecule has 0 radical (unpaired) electrons. The minimum Gasteiger partial charge on any atom is -0.461 e. The van der Waals surface area contributed by atoms with Crippen molar-refractivity contribution in [3.8, 4) is 0 Å². The molecule has 1 aromatic heterocycles. The number of carbonyl (C=O) groups excluding carboxylic acids is 1. The number of nitrogens with zero attached hydrogens (tertiary/aromatic N) is 1. The van der Waals surface area contributed by atoms with Gasteiger partial charge in [0, 0.05) is 25.1 Å². The van der Waals surface area contributed by atoms with E-state index >= 15 is 0 Å². The summed E-state index contributed by atoms with van der Waals surface area (Å²) in [5, 5.41) is 11.4. The zero-order valence-corrected chi connectivity index (χ0v) is 13.8. The number of aryl methyl sites for hydroxylation is 1. The number of ether oxygens (including phenoxy) is 1. The first-order chi connectivity index (χ1) is 11.0. The van der Waals surface area contributed by atoms with E-state index in [1.165, 1.54) is 0 Å². The van der Waals surface area contributed by atoms with Crippen LogP contribution in [-0.4, -0.2) is 48.3 Å². The van der Waals surface area contributed by atoms with E-state index in [0.29, 0.717) is 5.56 Å². The maximum Gasteiger partial charge on any atom is 0.253 e. The summed E-state index contributed by atoms with van der Waals surface area (Å²) in [6, 6.07) is 7.13. The van der Waals surface area contributed by atoms with Gasteiger partial charge in [0.1, 0.15) is 17.4 Å². The Kier molecular flexibility index (Phi) is 4.41. The van der Waals surface area contributed by atoms with E-state index in [0.717, 1.165) is 36.0 Å². The standard InChI is InChI=1S/C18H23NO4/c1-11-9-13-10-12(7-8-15(13)23-11)18(21)19(2)14-5-4-6-16(22-3)17(14)20/h7-10,14,16-17,20H,4-6H2,1-3H3/t14-,16-,17-/m1/s1. The first-order valence-electron chi connectivity index (χ1n) is 7.99. The number of likely N-dealkylation sites (N-methyl/N-ethyl adjacent to an activating group) is 1. The van der Waals surface area contributed by atoms with Crippen LogP contribution < -0.4 is 0 Å². The van der Waals surface area contributed by atoms with Gasteiger partial charge >= 0.3 is 0 Å². The van der Waals surface area contributed by atoms with Crippen molar-refractivity contribution in [3.63, 3.8) is 0 Å². The van der Waals surface area contributed by atoms with Gasteiger partial charge in [-0.2, -0.15) is 0 Å². The maximum absolute atomic E-state index is 12.8. The lowest BCUT2D eigenvalue weighted by Gasteiger charge is -2.39. The third-order valence-electron chi connectivity index (χ3n) is 4.77. The molecule has 1 N–H and O–H groups in total. The van der Waals surface area contributed by atoms with Crippen LogP contribution in [0.1, 0.15) is 35.4 Å². The molecule has 1 fully saturated rings. The van der Waals surface area contributed by atoms with Crippen molar-refractivity contribution in [2.75, 3.05) is 14.2 Å². The van der Waals surface area contributed by atoms with Crippen LogP contribution in [0.3, 0.4) is 0 Å². The number of fused-ring (bicyclic) bond motifs is 1. The minimum absolute atomic E-state index is 0.0912. The van der Waals surface area contributed by atoms with Gasteiger partial charge in [-0.25, -0.2) is 0 Å². The molecule has 1 aromatic carbocycles. The predicted molar refractivity (Wildman–Crippen MR) is 87.5 cm³/mol. The molecule has 124 valence electrons. The second-order valence-corrected chi connectivity index (χ2v) is 6.29. The van der Waals surface area contributed by atoms with E-state index < -0.39 is 6.10 Å². The number of aliphatic hydroxyl groups is 1. The number of benzene rings is 1. The molecule has 0 aliphatic heterocycles. The molecule has 1 heterocycles. The van der Waals surface area contributed by atoms with Crippen LogP contribution in [0.5, 0.6) is 0 Å². The summed E-state index contributed by atoms with van der Waals surface area (Å²) in [5.74, 6) is 0.732. The number of hydrogen-bond acceptors (Lipinski definition) is 4. The normalized spacial score (nSPS) is 24.8. The molecule has 0 unspecified atom stereocenters. The number of methoxy groups -OCH3 is 1. The van der Waals surface area contributed by atoms with Crippen LogP contribution in [0.25, 0.3) is 11.0 Å². The lowest BCUT2D eigenvalue weighted by Crippen LogP contribution is -2.52. The molecule has 0 spiro atoms. The lowest BCUT2D eigenvalue weighted by molar-refractivity contribution is -0.0714. The zero-order chi connectivity index (χ0) is 16.6. The number of furan rings is 1. The molecule has 1 saturated carbocycles. The Bertz CT molecular complexity index is 708. The van der Waals surface area contributed by atoms with Gasteiger partial charge in [0.05, 0.1) is 12.1 Å². The highest BCUT2D eigenvalue weighted by Crippen LogP contribution is 2.27. The van der Waals surface area contributed by atoms with E-state index in [2.05, 4.69) is 0 Å². The first kappa shape index (κ1) is 16.0. The molecule has 0 bridgehead atoms. The summed E-state index contributed by atoms with van der Waals surface area (Å²) >= 11 is 0. The monoisotopic (exact) mass is 317 g/mol. The second kappa shape index (κ2) is 6.34. The second-order valence-electron chi connectivity index (χ2n) is 6.29. The van der Waals surface area contributed by atoms with Gasteiger partial charge in [-0.1, -0.05) is 0 Å². The van der Waals surface area contributed by atoms with Gasteiger partial charge in [0.2, 0.25) is 0 Å². The summed E-state index contributed by atoms with van der Waals surface area (Å²) in [6.07, 6.45) is 1.70. The van der Waals surface area contributed by atoms with E-state index in [4.69, 9.17) is 9.15 Å². The molecule has 0 saturated heterocycles. The number of rotatable bonds is 3. The fourth-order valence-electron chi connectivity index (χ4n) is 3.46.